The molecule has 6 nitrogen and oxygen atoms in total. The molecule has 1 saturated heterocycles. The first-order valence-corrected chi connectivity index (χ1v) is 7.29. The van der Waals surface area contributed by atoms with Crippen LogP contribution in [0.4, 0.5) is 0 Å². The molecule has 1 N–H and O–H groups in total. The summed E-state index contributed by atoms with van der Waals surface area (Å²) in [4.78, 5) is 23.9. The zero-order chi connectivity index (χ0) is 16.9. The van der Waals surface area contributed by atoms with Crippen LogP contribution in [-0.2, 0) is 23.8 Å². The molecule has 6 heteroatoms. The largest absolute Gasteiger partial charge is 0.452 e. The van der Waals surface area contributed by atoms with Gasteiger partial charge in [0.1, 0.15) is 6.10 Å². The van der Waals surface area contributed by atoms with Gasteiger partial charge in [-0.25, -0.2) is 9.59 Å². The number of carbonyl (C=O) groups is 2. The number of esters is 2. The molecule has 0 aromatic heterocycles. The SMILES string of the molecule is C/C=C(/C)C(=O)OC1C(C)OCC(O)[C@@H]1OC(=O)/C(C)=C\C. The van der Waals surface area contributed by atoms with Crippen LogP contribution in [-0.4, -0.2) is 48.1 Å². The molecule has 1 heterocycles. The molecule has 4 atom stereocenters. The van der Waals surface area contributed by atoms with Gasteiger partial charge in [0.25, 0.3) is 0 Å². The van der Waals surface area contributed by atoms with Crippen LogP contribution < -0.4 is 0 Å². The maximum absolute atomic E-state index is 11.9. The van der Waals surface area contributed by atoms with Gasteiger partial charge in [-0.1, -0.05) is 12.2 Å². The predicted octanol–water partition coefficient (Wildman–Crippen LogP) is 1.52. The second-order valence-corrected chi connectivity index (χ2v) is 5.29. The van der Waals surface area contributed by atoms with Crippen molar-refractivity contribution >= 4 is 11.9 Å². The Morgan fingerprint density at radius 3 is 1.95 bits per heavy atom. The van der Waals surface area contributed by atoms with Crippen LogP contribution in [0, 0.1) is 0 Å². The summed E-state index contributed by atoms with van der Waals surface area (Å²) < 4.78 is 16.0. The van der Waals surface area contributed by atoms with Crippen LogP contribution in [0.1, 0.15) is 34.6 Å². The lowest BCUT2D eigenvalue weighted by molar-refractivity contribution is -0.213. The number of aliphatic hydroxyl groups is 1. The van der Waals surface area contributed by atoms with E-state index in [1.807, 2.05) is 0 Å². The van der Waals surface area contributed by atoms with Crippen molar-refractivity contribution < 1.29 is 28.9 Å². The molecule has 0 spiro atoms. The van der Waals surface area contributed by atoms with Crippen molar-refractivity contribution in [1.82, 2.24) is 0 Å². The van der Waals surface area contributed by atoms with Crippen molar-refractivity contribution in [2.24, 2.45) is 0 Å². The fourth-order valence-corrected chi connectivity index (χ4v) is 1.90. The summed E-state index contributed by atoms with van der Waals surface area (Å²) in [7, 11) is 0. The number of rotatable bonds is 4. The highest BCUT2D eigenvalue weighted by molar-refractivity contribution is 5.88. The molecule has 124 valence electrons. The number of ether oxygens (including phenoxy) is 3. The molecule has 1 aliphatic rings. The molecule has 1 fully saturated rings. The summed E-state index contributed by atoms with van der Waals surface area (Å²) in [5.41, 5.74) is 0.850. The van der Waals surface area contributed by atoms with Gasteiger partial charge < -0.3 is 19.3 Å². The van der Waals surface area contributed by atoms with E-state index >= 15 is 0 Å². The van der Waals surface area contributed by atoms with E-state index in [9.17, 15) is 14.7 Å². The third-order valence-electron chi connectivity index (χ3n) is 3.69. The van der Waals surface area contributed by atoms with Gasteiger partial charge in [0.05, 0.1) is 12.7 Å². The van der Waals surface area contributed by atoms with Crippen LogP contribution in [0.15, 0.2) is 23.3 Å². The summed E-state index contributed by atoms with van der Waals surface area (Å²) in [5.74, 6) is -1.08. The van der Waals surface area contributed by atoms with E-state index in [4.69, 9.17) is 14.2 Å². The minimum absolute atomic E-state index is 0.0185. The van der Waals surface area contributed by atoms with E-state index in [1.54, 1.807) is 46.8 Å². The topological polar surface area (TPSA) is 82.1 Å². The summed E-state index contributed by atoms with van der Waals surface area (Å²) in [6, 6.07) is 0. The van der Waals surface area contributed by atoms with E-state index in [-0.39, 0.29) is 6.61 Å². The first kappa shape index (κ1) is 18.4. The summed E-state index contributed by atoms with van der Waals surface area (Å²) >= 11 is 0. The van der Waals surface area contributed by atoms with Crippen molar-refractivity contribution in [3.05, 3.63) is 23.3 Å². The molecule has 0 aliphatic carbocycles. The molecular formula is C16H24O6. The number of aliphatic hydroxyl groups excluding tert-OH is 1. The molecule has 0 saturated carbocycles. The molecule has 1 rings (SSSR count). The van der Waals surface area contributed by atoms with Gasteiger partial charge in [-0.3, -0.25) is 0 Å². The molecule has 0 amide bonds. The molecule has 0 bridgehead atoms. The normalized spacial score (nSPS) is 29.9. The summed E-state index contributed by atoms with van der Waals surface area (Å²) in [6.45, 7) is 8.40. The third kappa shape index (κ3) is 4.42. The summed E-state index contributed by atoms with van der Waals surface area (Å²) in [6.07, 6.45) is -0.116. The van der Waals surface area contributed by atoms with Crippen molar-refractivity contribution in [2.75, 3.05) is 6.61 Å². The lowest BCUT2D eigenvalue weighted by atomic mass is 10.0. The van der Waals surface area contributed by atoms with Crippen LogP contribution in [0.3, 0.4) is 0 Å². The Labute approximate surface area is 130 Å². The van der Waals surface area contributed by atoms with Crippen LogP contribution in [0.5, 0.6) is 0 Å². The Hall–Kier alpha value is -1.66. The maximum atomic E-state index is 11.9. The first-order valence-electron chi connectivity index (χ1n) is 7.29. The Bertz CT molecular complexity index is 435. The number of hydrogen-bond donors (Lipinski definition) is 1. The quantitative estimate of drug-likeness (QED) is 0.626. The molecule has 3 unspecified atom stereocenters. The van der Waals surface area contributed by atoms with Gasteiger partial charge in [0.2, 0.25) is 0 Å². The minimum atomic E-state index is -1.05. The van der Waals surface area contributed by atoms with Gasteiger partial charge in [0.15, 0.2) is 12.2 Å². The van der Waals surface area contributed by atoms with Crippen LogP contribution in [0.25, 0.3) is 0 Å². The maximum Gasteiger partial charge on any atom is 0.333 e. The average Bonchev–Trinajstić information content (AvgIpc) is 2.51. The smallest absolute Gasteiger partial charge is 0.333 e. The van der Waals surface area contributed by atoms with Crippen molar-refractivity contribution in [3.63, 3.8) is 0 Å². The van der Waals surface area contributed by atoms with Crippen LogP contribution >= 0.6 is 0 Å². The van der Waals surface area contributed by atoms with E-state index in [0.717, 1.165) is 0 Å². The molecule has 0 radical (unpaired) electrons. The van der Waals surface area contributed by atoms with Crippen molar-refractivity contribution in [3.8, 4) is 0 Å². The third-order valence-corrected chi connectivity index (χ3v) is 3.69. The van der Waals surface area contributed by atoms with E-state index in [2.05, 4.69) is 0 Å². The van der Waals surface area contributed by atoms with Crippen molar-refractivity contribution in [1.29, 1.82) is 0 Å². The molecule has 22 heavy (non-hydrogen) atoms. The molecule has 0 aromatic rings. The second-order valence-electron chi connectivity index (χ2n) is 5.29. The predicted molar refractivity (Wildman–Crippen MR) is 80.0 cm³/mol. The Balaban J connectivity index is 2.92. The fraction of sp³-hybridized carbons (Fsp3) is 0.625. The Morgan fingerprint density at radius 1 is 1.05 bits per heavy atom. The number of allylic oxidation sites excluding steroid dienone is 2. The number of carbonyl (C=O) groups excluding carboxylic acids is 2. The second kappa shape index (κ2) is 8.10. The van der Waals surface area contributed by atoms with Gasteiger partial charge in [0, 0.05) is 11.1 Å². The Morgan fingerprint density at radius 2 is 1.50 bits per heavy atom. The lowest BCUT2D eigenvalue weighted by Crippen LogP contribution is -2.55. The van der Waals surface area contributed by atoms with Gasteiger partial charge in [-0.05, 0) is 34.6 Å². The van der Waals surface area contributed by atoms with E-state index in [0.29, 0.717) is 11.1 Å². The Kier molecular flexibility index (Phi) is 6.77. The molecule has 1 aliphatic heterocycles. The first-order chi connectivity index (χ1) is 10.3. The minimum Gasteiger partial charge on any atom is -0.452 e. The highest BCUT2D eigenvalue weighted by Gasteiger charge is 2.43. The zero-order valence-electron chi connectivity index (χ0n) is 13.7. The monoisotopic (exact) mass is 312 g/mol. The zero-order valence-corrected chi connectivity index (χ0v) is 13.7. The highest BCUT2D eigenvalue weighted by Crippen LogP contribution is 2.23. The van der Waals surface area contributed by atoms with Crippen LogP contribution in [0.2, 0.25) is 0 Å². The number of hydrogen-bond acceptors (Lipinski definition) is 6. The van der Waals surface area contributed by atoms with Gasteiger partial charge >= 0.3 is 11.9 Å². The van der Waals surface area contributed by atoms with Crippen molar-refractivity contribution in [2.45, 2.75) is 59.0 Å². The van der Waals surface area contributed by atoms with Gasteiger partial charge in [-0.2, -0.15) is 0 Å². The highest BCUT2D eigenvalue weighted by atomic mass is 16.6. The average molecular weight is 312 g/mol. The summed E-state index contributed by atoms with van der Waals surface area (Å²) in [5, 5.41) is 10.0. The van der Waals surface area contributed by atoms with E-state index in [1.165, 1.54) is 0 Å². The van der Waals surface area contributed by atoms with E-state index < -0.39 is 36.4 Å². The lowest BCUT2D eigenvalue weighted by Gasteiger charge is -2.38. The standard InChI is InChI=1S/C16H24O6/c1-6-9(3)15(18)21-13-11(5)20-8-12(17)14(13)22-16(19)10(4)7-2/h6-7,11-14,17H,8H2,1-5H3/b9-6-,10-7-/t11?,12?,13?,14-/m0/s1. The fourth-order valence-electron chi connectivity index (χ4n) is 1.90. The molecular weight excluding hydrogens is 288 g/mol. The van der Waals surface area contributed by atoms with Gasteiger partial charge in [-0.15, -0.1) is 0 Å². The molecule has 0 aromatic carbocycles.